The smallest absolute Gasteiger partial charge is 0.351 e. The minimum atomic E-state index is -1.07. The second-order valence-electron chi connectivity index (χ2n) is 6.42. The van der Waals surface area contributed by atoms with Gasteiger partial charge in [-0.2, -0.15) is 0 Å². The summed E-state index contributed by atoms with van der Waals surface area (Å²) >= 11 is 0. The van der Waals surface area contributed by atoms with E-state index < -0.39 is 29.9 Å². The lowest BCUT2D eigenvalue weighted by atomic mass is 10.1. The summed E-state index contributed by atoms with van der Waals surface area (Å²) in [7, 11) is 1.27. The summed E-state index contributed by atoms with van der Waals surface area (Å²) in [5.74, 6) is -0.719. The van der Waals surface area contributed by atoms with Gasteiger partial charge in [0.15, 0.2) is 17.6 Å². The highest BCUT2D eigenvalue weighted by molar-refractivity contribution is 6.04. The van der Waals surface area contributed by atoms with Crippen molar-refractivity contribution in [3.05, 3.63) is 46.8 Å². The first-order valence-electron chi connectivity index (χ1n) is 8.74. The lowest BCUT2D eigenvalue weighted by Gasteiger charge is -2.25. The van der Waals surface area contributed by atoms with Gasteiger partial charge in [0.25, 0.3) is 0 Å². The normalized spacial score (nSPS) is 16.2. The maximum absolute atomic E-state index is 12.7. The van der Waals surface area contributed by atoms with E-state index in [1.165, 1.54) is 14.0 Å². The Balaban J connectivity index is 1.70. The molecule has 1 aromatic heterocycles. The number of fused-ring (bicyclic) bond motifs is 1. The van der Waals surface area contributed by atoms with Crippen molar-refractivity contribution >= 4 is 17.7 Å². The first kappa shape index (κ1) is 19.5. The number of rotatable bonds is 5. The van der Waals surface area contributed by atoms with Gasteiger partial charge >= 0.3 is 11.9 Å². The van der Waals surface area contributed by atoms with Crippen LogP contribution in [-0.2, 0) is 14.3 Å². The second kappa shape index (κ2) is 7.75. The van der Waals surface area contributed by atoms with Crippen molar-refractivity contribution in [2.45, 2.75) is 33.0 Å². The number of benzene rings is 1. The maximum Gasteiger partial charge on any atom is 0.351 e. The molecule has 2 atom stereocenters. The molecule has 0 saturated heterocycles. The molecule has 28 heavy (non-hydrogen) atoms. The van der Waals surface area contributed by atoms with Crippen LogP contribution in [0.5, 0.6) is 11.5 Å². The molecule has 8 nitrogen and oxygen atoms in total. The average molecular weight is 387 g/mol. The number of para-hydroxylation sites is 2. The zero-order valence-corrected chi connectivity index (χ0v) is 16.0. The Hall–Kier alpha value is -3.29. The maximum atomic E-state index is 12.7. The molecule has 0 bridgehead atoms. The molecule has 8 heteroatoms. The van der Waals surface area contributed by atoms with Crippen LogP contribution >= 0.6 is 0 Å². The van der Waals surface area contributed by atoms with E-state index in [1.807, 2.05) is 0 Å². The fraction of sp³-hybridized carbons (Fsp3) is 0.350. The van der Waals surface area contributed by atoms with Gasteiger partial charge in [-0.25, -0.2) is 9.59 Å². The summed E-state index contributed by atoms with van der Waals surface area (Å²) in [6.07, 6.45) is -2.04. The van der Waals surface area contributed by atoms with Gasteiger partial charge in [-0.1, -0.05) is 12.1 Å². The first-order valence-corrected chi connectivity index (χ1v) is 8.74. The number of methoxy groups -OCH3 is 1. The molecule has 1 aromatic carbocycles. The molecule has 0 spiro atoms. The highest BCUT2D eigenvalue weighted by atomic mass is 16.6. The third-order valence-corrected chi connectivity index (χ3v) is 4.51. The molecule has 0 aliphatic carbocycles. The first-order chi connectivity index (χ1) is 13.3. The molecule has 0 radical (unpaired) electrons. The number of hydrogen-bond donors (Lipinski definition) is 1. The van der Waals surface area contributed by atoms with E-state index in [2.05, 4.69) is 4.98 Å². The predicted octanol–water partition coefficient (Wildman–Crippen LogP) is 2.37. The Morgan fingerprint density at radius 3 is 2.54 bits per heavy atom. The summed E-state index contributed by atoms with van der Waals surface area (Å²) in [6, 6.07) is 6.98. The van der Waals surface area contributed by atoms with Crippen molar-refractivity contribution < 1.29 is 33.3 Å². The highest BCUT2D eigenvalue weighted by Gasteiger charge is 2.33. The van der Waals surface area contributed by atoms with Crippen molar-refractivity contribution in [3.8, 4) is 11.5 Å². The van der Waals surface area contributed by atoms with E-state index in [4.69, 9.17) is 18.9 Å². The summed E-state index contributed by atoms with van der Waals surface area (Å²) in [5.41, 5.74) is 1.45. The number of ketones is 1. The largest absolute Gasteiger partial charge is 0.485 e. The van der Waals surface area contributed by atoms with E-state index in [0.717, 1.165) is 0 Å². The van der Waals surface area contributed by atoms with Crippen molar-refractivity contribution in [1.29, 1.82) is 0 Å². The lowest BCUT2D eigenvalue weighted by Crippen LogP contribution is -2.40. The Morgan fingerprint density at radius 2 is 1.86 bits per heavy atom. The number of esters is 2. The summed E-state index contributed by atoms with van der Waals surface area (Å²) in [4.78, 5) is 39.9. The monoisotopic (exact) mass is 387 g/mol. The molecule has 1 aliphatic rings. The van der Waals surface area contributed by atoms with Gasteiger partial charge in [0, 0.05) is 5.69 Å². The van der Waals surface area contributed by atoms with Crippen molar-refractivity contribution in [2.24, 2.45) is 0 Å². The molecule has 2 aromatic rings. The van der Waals surface area contributed by atoms with E-state index in [9.17, 15) is 14.4 Å². The number of Topliss-reactive ketones (excluding diaryl/α,β-unsaturated/α-hetero) is 1. The fourth-order valence-corrected chi connectivity index (χ4v) is 3.05. The average Bonchev–Trinajstić information content (AvgIpc) is 3.00. The van der Waals surface area contributed by atoms with Crippen LogP contribution in [0.1, 0.15) is 39.0 Å². The van der Waals surface area contributed by atoms with E-state index in [-0.39, 0.29) is 12.3 Å². The van der Waals surface area contributed by atoms with Crippen LogP contribution in [0.25, 0.3) is 0 Å². The highest BCUT2D eigenvalue weighted by Crippen LogP contribution is 2.31. The van der Waals surface area contributed by atoms with Gasteiger partial charge in [-0.15, -0.1) is 0 Å². The Kier molecular flexibility index (Phi) is 5.39. The van der Waals surface area contributed by atoms with Crippen LogP contribution in [0.15, 0.2) is 24.3 Å². The molecule has 0 saturated carbocycles. The van der Waals surface area contributed by atoms with Crippen LogP contribution in [-0.4, -0.2) is 48.6 Å². The second-order valence-corrected chi connectivity index (χ2v) is 6.42. The summed E-state index contributed by atoms with van der Waals surface area (Å²) in [6.45, 7) is 4.75. The van der Waals surface area contributed by atoms with Crippen molar-refractivity contribution in [3.63, 3.8) is 0 Å². The van der Waals surface area contributed by atoms with Gasteiger partial charge in [0.2, 0.25) is 11.9 Å². The van der Waals surface area contributed by atoms with Crippen molar-refractivity contribution in [2.75, 3.05) is 13.7 Å². The third kappa shape index (κ3) is 3.58. The number of carbonyl (C=O) groups is 3. The minimum Gasteiger partial charge on any atom is -0.485 e. The number of H-pyrrole nitrogens is 1. The molecule has 1 N–H and O–H groups in total. The molecule has 2 heterocycles. The predicted molar refractivity (Wildman–Crippen MR) is 97.8 cm³/mol. The number of hydrogen-bond acceptors (Lipinski definition) is 7. The number of carbonyl (C=O) groups excluding carboxylic acids is 3. The molecular formula is C20H21NO7. The number of ether oxygens (including phenoxy) is 4. The zero-order valence-electron chi connectivity index (χ0n) is 16.0. The van der Waals surface area contributed by atoms with Gasteiger partial charge in [0.1, 0.15) is 6.61 Å². The third-order valence-electron chi connectivity index (χ3n) is 4.51. The fourth-order valence-electron chi connectivity index (χ4n) is 3.05. The van der Waals surface area contributed by atoms with E-state index >= 15 is 0 Å². The number of nitrogens with one attached hydrogen (secondary N) is 1. The van der Waals surface area contributed by atoms with Crippen LogP contribution in [0.4, 0.5) is 0 Å². The molecule has 3 rings (SSSR count). The molecule has 148 valence electrons. The van der Waals surface area contributed by atoms with Crippen LogP contribution in [0.3, 0.4) is 0 Å². The zero-order chi connectivity index (χ0) is 20.4. The topological polar surface area (TPSA) is 104 Å². The summed E-state index contributed by atoms with van der Waals surface area (Å²) in [5, 5.41) is 0. The minimum absolute atomic E-state index is 0.0100. The summed E-state index contributed by atoms with van der Waals surface area (Å²) < 4.78 is 21.1. The van der Waals surface area contributed by atoms with Gasteiger partial charge < -0.3 is 23.9 Å². The van der Waals surface area contributed by atoms with E-state index in [1.54, 1.807) is 38.1 Å². The van der Waals surface area contributed by atoms with Crippen LogP contribution in [0.2, 0.25) is 0 Å². The van der Waals surface area contributed by atoms with Gasteiger partial charge in [-0.3, -0.25) is 4.79 Å². The lowest BCUT2D eigenvalue weighted by molar-refractivity contribution is -0.157. The molecule has 0 amide bonds. The number of aryl methyl sites for hydroxylation is 1. The number of aromatic amines is 1. The van der Waals surface area contributed by atoms with Gasteiger partial charge in [-0.05, 0) is 38.5 Å². The molecule has 0 unspecified atom stereocenters. The SMILES string of the molecule is COC(=O)c1c(C)[nH]c(C(=O)[C@@H](C)OC(=O)[C@@H]2COc3ccccc3O2)c1C. The van der Waals surface area contributed by atoms with Crippen molar-refractivity contribution in [1.82, 2.24) is 4.98 Å². The van der Waals surface area contributed by atoms with Gasteiger partial charge in [0.05, 0.1) is 18.4 Å². The van der Waals surface area contributed by atoms with Crippen LogP contribution in [0, 0.1) is 13.8 Å². The standard InChI is InChI=1S/C20H21NO7/c1-10-16(20(24)25-4)11(2)21-17(10)18(22)12(3)27-19(23)15-9-26-13-7-5-6-8-14(13)28-15/h5-8,12,15,21H,9H2,1-4H3/t12-,15+/m1/s1. The number of aromatic nitrogens is 1. The van der Waals surface area contributed by atoms with Crippen LogP contribution < -0.4 is 9.47 Å². The Bertz CT molecular complexity index is 931. The molecule has 1 aliphatic heterocycles. The molecule has 0 fully saturated rings. The Morgan fingerprint density at radius 1 is 1.18 bits per heavy atom. The van der Waals surface area contributed by atoms with E-state index in [0.29, 0.717) is 28.3 Å². The molecular weight excluding hydrogens is 366 g/mol. The quantitative estimate of drug-likeness (QED) is 0.620. The Labute approximate surface area is 161 Å².